The van der Waals surface area contributed by atoms with Crippen LogP contribution >= 0.6 is 0 Å². The summed E-state index contributed by atoms with van der Waals surface area (Å²) in [6.45, 7) is 3.61. The molecule has 1 aromatic carbocycles. The first-order valence-electron chi connectivity index (χ1n) is 9.89. The Kier molecular flexibility index (Phi) is 5.17. The van der Waals surface area contributed by atoms with Crippen LogP contribution in [-0.2, 0) is 16.0 Å². The smallest absolute Gasteiger partial charge is 0.276 e. The number of anilines is 1. The number of hydrogen-bond acceptors (Lipinski definition) is 5. The van der Waals surface area contributed by atoms with E-state index in [-0.39, 0.29) is 24.1 Å². The standard InChI is InChI=1S/C21H25N3O4/c1-2-17-14-18(22-28-17)19(25)23-12-13-27-21(15-23)10-6-7-11-24(20(21)26)16-8-4-3-5-9-16/h3-5,8-9,14H,2,6-7,10-13,15H2,1H3. The number of nitrogens with zero attached hydrogens (tertiary/aromatic N) is 3. The average molecular weight is 383 g/mol. The number of rotatable bonds is 3. The van der Waals surface area contributed by atoms with Gasteiger partial charge >= 0.3 is 0 Å². The molecule has 2 aliphatic rings. The highest BCUT2D eigenvalue weighted by atomic mass is 16.5. The third-order valence-corrected chi connectivity index (χ3v) is 5.51. The summed E-state index contributed by atoms with van der Waals surface area (Å²) >= 11 is 0. The minimum absolute atomic E-state index is 0.0666. The predicted octanol–water partition coefficient (Wildman–Crippen LogP) is 2.67. The fourth-order valence-electron chi connectivity index (χ4n) is 3.97. The van der Waals surface area contributed by atoms with E-state index in [0.717, 1.165) is 18.5 Å². The van der Waals surface area contributed by atoms with Crippen molar-refractivity contribution in [2.24, 2.45) is 0 Å². The van der Waals surface area contributed by atoms with Crippen molar-refractivity contribution in [3.8, 4) is 0 Å². The predicted molar refractivity (Wildman–Crippen MR) is 103 cm³/mol. The molecule has 148 valence electrons. The van der Waals surface area contributed by atoms with Crippen LogP contribution in [0.3, 0.4) is 0 Å². The zero-order valence-electron chi connectivity index (χ0n) is 16.1. The number of morpholine rings is 1. The fraction of sp³-hybridized carbons (Fsp3) is 0.476. The van der Waals surface area contributed by atoms with E-state index < -0.39 is 5.60 Å². The van der Waals surface area contributed by atoms with Gasteiger partial charge in [-0.3, -0.25) is 9.59 Å². The average Bonchev–Trinajstić information content (AvgIpc) is 3.17. The Morgan fingerprint density at radius 3 is 2.79 bits per heavy atom. The molecule has 3 heterocycles. The molecule has 7 heteroatoms. The number of carbonyl (C=O) groups is 2. The Balaban J connectivity index is 1.58. The van der Waals surface area contributed by atoms with E-state index >= 15 is 0 Å². The second kappa shape index (κ2) is 7.75. The van der Waals surface area contributed by atoms with Crippen molar-refractivity contribution in [1.82, 2.24) is 10.1 Å². The number of aromatic nitrogens is 1. The lowest BCUT2D eigenvalue weighted by atomic mass is 9.93. The monoisotopic (exact) mass is 383 g/mol. The van der Waals surface area contributed by atoms with Crippen LogP contribution in [0.5, 0.6) is 0 Å². The zero-order chi connectivity index (χ0) is 19.6. The van der Waals surface area contributed by atoms with Crippen molar-refractivity contribution >= 4 is 17.5 Å². The molecule has 28 heavy (non-hydrogen) atoms. The number of aryl methyl sites for hydroxylation is 1. The summed E-state index contributed by atoms with van der Waals surface area (Å²) in [5.74, 6) is 0.393. The van der Waals surface area contributed by atoms with Gasteiger partial charge in [-0.05, 0) is 31.4 Å². The SMILES string of the molecule is CCc1cc(C(=O)N2CCOC3(CCCCN(c4ccccc4)C3=O)C2)no1. The van der Waals surface area contributed by atoms with Gasteiger partial charge in [0.15, 0.2) is 11.3 Å². The third kappa shape index (κ3) is 3.42. The van der Waals surface area contributed by atoms with E-state index in [2.05, 4.69) is 5.16 Å². The van der Waals surface area contributed by atoms with Crippen LogP contribution in [0.4, 0.5) is 5.69 Å². The first kappa shape index (κ1) is 18.7. The zero-order valence-corrected chi connectivity index (χ0v) is 16.1. The highest BCUT2D eigenvalue weighted by Crippen LogP contribution is 2.32. The van der Waals surface area contributed by atoms with Gasteiger partial charge in [0, 0.05) is 31.3 Å². The molecule has 0 radical (unpaired) electrons. The van der Waals surface area contributed by atoms with Crippen LogP contribution in [0.25, 0.3) is 0 Å². The molecule has 4 rings (SSSR count). The maximum absolute atomic E-state index is 13.5. The van der Waals surface area contributed by atoms with E-state index in [0.29, 0.717) is 38.3 Å². The Morgan fingerprint density at radius 2 is 2.04 bits per heavy atom. The number of amides is 2. The Bertz CT molecular complexity index is 850. The molecule has 7 nitrogen and oxygen atoms in total. The summed E-state index contributed by atoms with van der Waals surface area (Å²) in [7, 11) is 0. The summed E-state index contributed by atoms with van der Waals surface area (Å²) in [5.41, 5.74) is 0.150. The number of ether oxygens (including phenoxy) is 1. The molecule has 1 unspecified atom stereocenters. The second-order valence-corrected chi connectivity index (χ2v) is 7.35. The second-order valence-electron chi connectivity index (χ2n) is 7.35. The van der Waals surface area contributed by atoms with E-state index in [4.69, 9.17) is 9.26 Å². The molecule has 0 bridgehead atoms. The van der Waals surface area contributed by atoms with Crippen LogP contribution in [0.2, 0.25) is 0 Å². The molecule has 2 amide bonds. The molecule has 2 fully saturated rings. The minimum atomic E-state index is -1.00. The first-order chi connectivity index (χ1) is 13.6. The summed E-state index contributed by atoms with van der Waals surface area (Å²) in [6.07, 6.45) is 3.07. The topological polar surface area (TPSA) is 75.9 Å². The van der Waals surface area contributed by atoms with E-state index in [1.807, 2.05) is 37.3 Å². The van der Waals surface area contributed by atoms with Crippen molar-refractivity contribution in [3.05, 3.63) is 47.9 Å². The largest absolute Gasteiger partial charge is 0.361 e. The minimum Gasteiger partial charge on any atom is -0.361 e. The summed E-state index contributed by atoms with van der Waals surface area (Å²) in [5, 5.41) is 3.89. The molecule has 1 atom stereocenters. The van der Waals surface area contributed by atoms with Crippen LogP contribution in [0.1, 0.15) is 42.4 Å². The van der Waals surface area contributed by atoms with Crippen LogP contribution < -0.4 is 4.90 Å². The lowest BCUT2D eigenvalue weighted by molar-refractivity contribution is -0.155. The number of hydrogen-bond donors (Lipinski definition) is 0. The summed E-state index contributed by atoms with van der Waals surface area (Å²) in [4.78, 5) is 29.9. The van der Waals surface area contributed by atoms with E-state index in [9.17, 15) is 9.59 Å². The lowest BCUT2D eigenvalue weighted by Gasteiger charge is -2.42. The van der Waals surface area contributed by atoms with Gasteiger partial charge in [-0.25, -0.2) is 0 Å². The van der Waals surface area contributed by atoms with Crippen molar-refractivity contribution in [3.63, 3.8) is 0 Å². The molecule has 2 aliphatic heterocycles. The Labute approximate surface area is 164 Å². The molecular weight excluding hydrogens is 358 g/mol. The van der Waals surface area contributed by atoms with Gasteiger partial charge in [-0.15, -0.1) is 0 Å². The van der Waals surface area contributed by atoms with Crippen LogP contribution in [-0.4, -0.2) is 53.7 Å². The van der Waals surface area contributed by atoms with Gasteiger partial charge in [0.05, 0.1) is 13.2 Å². The first-order valence-corrected chi connectivity index (χ1v) is 9.89. The number of carbonyl (C=O) groups excluding carboxylic acids is 2. The van der Waals surface area contributed by atoms with E-state index in [1.165, 1.54) is 0 Å². The molecule has 2 saturated heterocycles. The van der Waals surface area contributed by atoms with Gasteiger partial charge in [0.2, 0.25) is 0 Å². The van der Waals surface area contributed by atoms with E-state index in [1.54, 1.807) is 15.9 Å². The Morgan fingerprint density at radius 1 is 1.21 bits per heavy atom. The van der Waals surface area contributed by atoms with Gasteiger partial charge in [0.25, 0.3) is 11.8 Å². The molecule has 0 N–H and O–H groups in total. The maximum atomic E-state index is 13.5. The fourth-order valence-corrected chi connectivity index (χ4v) is 3.97. The van der Waals surface area contributed by atoms with Gasteiger partial charge < -0.3 is 19.1 Å². The van der Waals surface area contributed by atoms with Crippen LogP contribution in [0.15, 0.2) is 40.9 Å². The maximum Gasteiger partial charge on any atom is 0.276 e. The van der Waals surface area contributed by atoms with Crippen molar-refractivity contribution in [2.75, 3.05) is 31.1 Å². The van der Waals surface area contributed by atoms with Gasteiger partial charge in [-0.2, -0.15) is 0 Å². The highest BCUT2D eigenvalue weighted by Gasteiger charge is 2.48. The molecular formula is C21H25N3O4. The van der Waals surface area contributed by atoms with Gasteiger partial charge in [0.1, 0.15) is 5.76 Å². The van der Waals surface area contributed by atoms with Crippen LogP contribution in [0, 0.1) is 0 Å². The highest BCUT2D eigenvalue weighted by molar-refractivity contribution is 6.01. The normalized spacial score (nSPS) is 23.1. The molecule has 0 saturated carbocycles. The summed E-state index contributed by atoms with van der Waals surface area (Å²) in [6, 6.07) is 11.3. The molecule has 1 aromatic heterocycles. The third-order valence-electron chi connectivity index (χ3n) is 5.51. The number of benzene rings is 1. The summed E-state index contributed by atoms with van der Waals surface area (Å²) < 4.78 is 11.2. The number of para-hydroxylation sites is 1. The Hall–Kier alpha value is -2.67. The molecule has 2 aromatic rings. The van der Waals surface area contributed by atoms with Gasteiger partial charge in [-0.1, -0.05) is 30.3 Å². The van der Waals surface area contributed by atoms with Crippen molar-refractivity contribution in [2.45, 2.75) is 38.2 Å². The van der Waals surface area contributed by atoms with Crippen molar-refractivity contribution in [1.29, 1.82) is 0 Å². The lowest BCUT2D eigenvalue weighted by Crippen LogP contribution is -2.61. The molecule has 0 aliphatic carbocycles. The molecule has 1 spiro atoms. The van der Waals surface area contributed by atoms with Crippen molar-refractivity contribution < 1.29 is 18.8 Å². The quantitative estimate of drug-likeness (QED) is 0.815.